The molecule has 1 heterocycles. The van der Waals surface area contributed by atoms with Gasteiger partial charge >= 0.3 is 0 Å². The van der Waals surface area contributed by atoms with Crippen LogP contribution in [0.25, 0.3) is 0 Å². The first-order valence-electron chi connectivity index (χ1n) is 4.16. The van der Waals surface area contributed by atoms with E-state index in [1.165, 1.54) is 23.1 Å². The molecular weight excluding hydrogens is 134 g/mol. The van der Waals surface area contributed by atoms with Crippen LogP contribution in [0.15, 0.2) is 22.9 Å². The molecule has 0 spiro atoms. The topological polar surface area (TPSA) is 3.24 Å². The van der Waals surface area contributed by atoms with Gasteiger partial charge in [0, 0.05) is 19.8 Å². The Balaban J connectivity index is 2.90. The van der Waals surface area contributed by atoms with Crippen LogP contribution in [0, 0.1) is 0 Å². The number of hydrogen-bond donors (Lipinski definition) is 0. The molecule has 0 aromatic rings. The predicted octanol–water partition coefficient (Wildman–Crippen LogP) is 2.56. The average molecular weight is 151 g/mol. The van der Waals surface area contributed by atoms with Crippen molar-refractivity contribution >= 4 is 0 Å². The van der Waals surface area contributed by atoms with Gasteiger partial charge in [0.25, 0.3) is 0 Å². The van der Waals surface area contributed by atoms with Crippen LogP contribution in [0.1, 0.15) is 27.2 Å². The van der Waals surface area contributed by atoms with Crippen molar-refractivity contribution in [3.05, 3.63) is 22.9 Å². The Morgan fingerprint density at radius 3 is 2.55 bits per heavy atom. The third-order valence-corrected chi connectivity index (χ3v) is 2.49. The Morgan fingerprint density at radius 2 is 1.91 bits per heavy atom. The molecule has 0 fully saturated rings. The molecule has 1 aliphatic rings. The van der Waals surface area contributed by atoms with Crippen molar-refractivity contribution in [2.75, 3.05) is 13.6 Å². The standard InChI is InChI=1S/C10H17N/c1-8-5-6-11(4)7-9(2)10(8)3/h7H,5-6H2,1-4H3. The highest BCUT2D eigenvalue weighted by Gasteiger charge is 2.05. The summed E-state index contributed by atoms with van der Waals surface area (Å²) >= 11 is 0. The molecule has 1 nitrogen and oxygen atoms in total. The zero-order valence-electron chi connectivity index (χ0n) is 7.94. The molecule has 0 radical (unpaired) electrons. The van der Waals surface area contributed by atoms with Crippen LogP contribution < -0.4 is 0 Å². The maximum Gasteiger partial charge on any atom is 0.0206 e. The molecule has 0 aromatic carbocycles. The van der Waals surface area contributed by atoms with Crippen molar-refractivity contribution in [2.24, 2.45) is 0 Å². The fraction of sp³-hybridized carbons (Fsp3) is 0.600. The van der Waals surface area contributed by atoms with Crippen LogP contribution in [0.2, 0.25) is 0 Å². The van der Waals surface area contributed by atoms with E-state index in [-0.39, 0.29) is 0 Å². The van der Waals surface area contributed by atoms with E-state index in [1.54, 1.807) is 0 Å². The summed E-state index contributed by atoms with van der Waals surface area (Å²) in [5, 5.41) is 0. The van der Waals surface area contributed by atoms with Gasteiger partial charge < -0.3 is 4.90 Å². The highest BCUT2D eigenvalue weighted by Crippen LogP contribution is 2.19. The Labute approximate surface area is 69.4 Å². The second-order valence-electron chi connectivity index (χ2n) is 3.45. The summed E-state index contributed by atoms with van der Waals surface area (Å²) in [6.07, 6.45) is 3.43. The van der Waals surface area contributed by atoms with E-state index in [2.05, 4.69) is 38.9 Å². The molecule has 0 saturated heterocycles. The van der Waals surface area contributed by atoms with Crippen molar-refractivity contribution in [1.82, 2.24) is 4.90 Å². The van der Waals surface area contributed by atoms with Gasteiger partial charge in [0.15, 0.2) is 0 Å². The van der Waals surface area contributed by atoms with Crippen LogP contribution in [0.3, 0.4) is 0 Å². The average Bonchev–Trinajstić information content (AvgIpc) is 2.05. The van der Waals surface area contributed by atoms with E-state index in [4.69, 9.17) is 0 Å². The fourth-order valence-electron chi connectivity index (χ4n) is 1.36. The third kappa shape index (κ3) is 1.86. The molecule has 11 heavy (non-hydrogen) atoms. The molecule has 0 unspecified atom stereocenters. The van der Waals surface area contributed by atoms with Gasteiger partial charge in [0.05, 0.1) is 0 Å². The molecule has 62 valence electrons. The van der Waals surface area contributed by atoms with Crippen molar-refractivity contribution in [3.63, 3.8) is 0 Å². The number of allylic oxidation sites excluding steroid dienone is 2. The Bertz CT molecular complexity index is 211. The van der Waals surface area contributed by atoms with Gasteiger partial charge in [-0.05, 0) is 38.3 Å². The Morgan fingerprint density at radius 1 is 1.27 bits per heavy atom. The normalized spacial score (nSPS) is 20.0. The van der Waals surface area contributed by atoms with Crippen molar-refractivity contribution < 1.29 is 0 Å². The predicted molar refractivity (Wildman–Crippen MR) is 49.4 cm³/mol. The molecule has 0 amide bonds. The monoisotopic (exact) mass is 151 g/mol. The summed E-state index contributed by atoms with van der Waals surface area (Å²) < 4.78 is 0. The summed E-state index contributed by atoms with van der Waals surface area (Å²) in [6, 6.07) is 0. The minimum atomic E-state index is 1.15. The lowest BCUT2D eigenvalue weighted by molar-refractivity contribution is 0.461. The number of hydrogen-bond acceptors (Lipinski definition) is 1. The molecule has 1 aliphatic heterocycles. The number of rotatable bonds is 0. The fourth-order valence-corrected chi connectivity index (χ4v) is 1.36. The van der Waals surface area contributed by atoms with Crippen LogP contribution in [-0.4, -0.2) is 18.5 Å². The van der Waals surface area contributed by atoms with Crippen LogP contribution in [0.4, 0.5) is 0 Å². The van der Waals surface area contributed by atoms with Crippen molar-refractivity contribution in [3.8, 4) is 0 Å². The van der Waals surface area contributed by atoms with Crippen LogP contribution in [-0.2, 0) is 0 Å². The van der Waals surface area contributed by atoms with Gasteiger partial charge in [-0.1, -0.05) is 5.57 Å². The summed E-state index contributed by atoms with van der Waals surface area (Å²) in [7, 11) is 2.13. The summed E-state index contributed by atoms with van der Waals surface area (Å²) in [6.45, 7) is 7.77. The molecule has 0 atom stereocenters. The molecule has 1 heteroatoms. The molecule has 0 aliphatic carbocycles. The van der Waals surface area contributed by atoms with Crippen LogP contribution in [0.5, 0.6) is 0 Å². The van der Waals surface area contributed by atoms with Gasteiger partial charge in [-0.2, -0.15) is 0 Å². The Kier molecular flexibility index (Phi) is 2.38. The van der Waals surface area contributed by atoms with Crippen molar-refractivity contribution in [1.29, 1.82) is 0 Å². The Hall–Kier alpha value is -0.720. The first-order chi connectivity index (χ1) is 5.11. The lowest BCUT2D eigenvalue weighted by Crippen LogP contribution is -2.11. The highest BCUT2D eigenvalue weighted by atomic mass is 15.1. The summed E-state index contributed by atoms with van der Waals surface area (Å²) in [4.78, 5) is 2.26. The molecule has 0 N–H and O–H groups in total. The molecule has 1 rings (SSSR count). The minimum Gasteiger partial charge on any atom is -0.380 e. The lowest BCUT2D eigenvalue weighted by Gasteiger charge is -2.11. The second kappa shape index (κ2) is 3.12. The van der Waals surface area contributed by atoms with Gasteiger partial charge in [-0.25, -0.2) is 0 Å². The van der Waals surface area contributed by atoms with E-state index in [0.717, 1.165) is 6.54 Å². The molecule has 0 bridgehead atoms. The maximum absolute atomic E-state index is 2.26. The molecule has 0 aromatic heterocycles. The smallest absolute Gasteiger partial charge is 0.0206 e. The highest BCUT2D eigenvalue weighted by molar-refractivity contribution is 5.32. The van der Waals surface area contributed by atoms with Gasteiger partial charge in [-0.15, -0.1) is 0 Å². The number of nitrogens with zero attached hydrogens (tertiary/aromatic N) is 1. The quantitative estimate of drug-likeness (QED) is 0.514. The van der Waals surface area contributed by atoms with Crippen molar-refractivity contribution in [2.45, 2.75) is 27.2 Å². The molecular formula is C10H17N. The summed E-state index contributed by atoms with van der Waals surface area (Å²) in [5.41, 5.74) is 4.40. The largest absolute Gasteiger partial charge is 0.380 e. The van der Waals surface area contributed by atoms with Gasteiger partial charge in [-0.3, -0.25) is 0 Å². The van der Waals surface area contributed by atoms with E-state index >= 15 is 0 Å². The first kappa shape index (κ1) is 8.38. The zero-order chi connectivity index (χ0) is 8.43. The van der Waals surface area contributed by atoms with E-state index in [0.29, 0.717) is 0 Å². The minimum absolute atomic E-state index is 1.15. The van der Waals surface area contributed by atoms with E-state index < -0.39 is 0 Å². The first-order valence-corrected chi connectivity index (χ1v) is 4.16. The van der Waals surface area contributed by atoms with Crippen LogP contribution >= 0.6 is 0 Å². The lowest BCUT2D eigenvalue weighted by atomic mass is 10.0. The SMILES string of the molecule is CC1=CN(C)CCC(C)=C1C. The van der Waals surface area contributed by atoms with Gasteiger partial charge in [0.1, 0.15) is 0 Å². The third-order valence-electron chi connectivity index (χ3n) is 2.49. The zero-order valence-corrected chi connectivity index (χ0v) is 7.94. The maximum atomic E-state index is 2.26. The van der Waals surface area contributed by atoms with Gasteiger partial charge in [0.2, 0.25) is 0 Å². The summed E-state index contributed by atoms with van der Waals surface area (Å²) in [5.74, 6) is 0. The van der Waals surface area contributed by atoms with E-state index in [1.807, 2.05) is 0 Å². The molecule has 0 saturated carbocycles. The van der Waals surface area contributed by atoms with E-state index in [9.17, 15) is 0 Å². The second-order valence-corrected chi connectivity index (χ2v) is 3.45.